The van der Waals surface area contributed by atoms with Crippen LogP contribution in [0.2, 0.25) is 0 Å². The van der Waals surface area contributed by atoms with Crippen LogP contribution in [0, 0.1) is 0 Å². The van der Waals surface area contributed by atoms with Crippen molar-refractivity contribution >= 4 is 5.91 Å². The fourth-order valence-electron chi connectivity index (χ4n) is 4.42. The number of nitrogens with zero attached hydrogens (tertiary/aromatic N) is 1. The van der Waals surface area contributed by atoms with Crippen molar-refractivity contribution in [1.29, 1.82) is 0 Å². The Hall–Kier alpha value is -0.610. The molecule has 3 fully saturated rings. The number of amides is 1. The lowest BCUT2D eigenvalue weighted by atomic mass is 9.96. The van der Waals surface area contributed by atoms with Crippen molar-refractivity contribution in [1.82, 2.24) is 10.2 Å². The fraction of sp³-hybridized carbons (Fsp3) is 0.944. The molecule has 3 rings (SSSR count). The molecule has 2 aliphatic heterocycles. The van der Waals surface area contributed by atoms with Crippen molar-refractivity contribution in [2.24, 2.45) is 0 Å². The molecule has 0 radical (unpaired) electrons. The van der Waals surface area contributed by atoms with E-state index in [0.29, 0.717) is 18.0 Å². The van der Waals surface area contributed by atoms with Gasteiger partial charge in [-0.25, -0.2) is 0 Å². The van der Waals surface area contributed by atoms with Crippen molar-refractivity contribution in [3.8, 4) is 0 Å². The van der Waals surface area contributed by atoms with Gasteiger partial charge in [0.2, 0.25) is 5.91 Å². The molecule has 0 aromatic rings. The molecule has 4 nitrogen and oxygen atoms in total. The minimum Gasteiger partial charge on any atom is -0.381 e. The van der Waals surface area contributed by atoms with Gasteiger partial charge in [-0.05, 0) is 45.1 Å². The van der Waals surface area contributed by atoms with Crippen molar-refractivity contribution in [3.63, 3.8) is 0 Å². The van der Waals surface area contributed by atoms with Crippen LogP contribution in [-0.2, 0) is 9.53 Å². The predicted molar refractivity (Wildman–Crippen MR) is 87.8 cm³/mol. The van der Waals surface area contributed by atoms with Crippen LogP contribution in [0.5, 0.6) is 0 Å². The third-order valence-corrected chi connectivity index (χ3v) is 5.71. The third-order valence-electron chi connectivity index (χ3n) is 5.71. The maximum absolute atomic E-state index is 12.8. The lowest BCUT2D eigenvalue weighted by Gasteiger charge is -2.35. The molecule has 1 N–H and O–H groups in total. The summed E-state index contributed by atoms with van der Waals surface area (Å²) in [4.78, 5) is 15.3. The summed E-state index contributed by atoms with van der Waals surface area (Å²) in [6, 6.07) is 1.10. The standard InChI is InChI=1S/C18H32N2O2/c21-18(19-15-7-4-2-1-3-5-8-15)17-9-6-12-20(17)16-10-13-22-14-11-16/h15-17H,1-14H2,(H,19,21)/t17-/m1/s1. The molecule has 0 aromatic heterocycles. The van der Waals surface area contributed by atoms with E-state index in [1.807, 2.05) is 0 Å². The largest absolute Gasteiger partial charge is 0.381 e. The van der Waals surface area contributed by atoms with Gasteiger partial charge in [-0.15, -0.1) is 0 Å². The zero-order valence-electron chi connectivity index (χ0n) is 13.9. The van der Waals surface area contributed by atoms with Gasteiger partial charge in [-0.1, -0.05) is 32.1 Å². The topological polar surface area (TPSA) is 41.6 Å². The summed E-state index contributed by atoms with van der Waals surface area (Å²) in [5, 5.41) is 3.39. The first-order chi connectivity index (χ1) is 10.8. The summed E-state index contributed by atoms with van der Waals surface area (Å²) < 4.78 is 5.48. The SMILES string of the molecule is O=C(NC1CCCCCCC1)[C@H]1CCCN1C1CCOCC1. The van der Waals surface area contributed by atoms with E-state index in [4.69, 9.17) is 4.74 Å². The molecule has 0 unspecified atom stereocenters. The zero-order chi connectivity index (χ0) is 15.2. The molecule has 1 amide bonds. The first-order valence-corrected chi connectivity index (χ1v) is 9.48. The summed E-state index contributed by atoms with van der Waals surface area (Å²) >= 11 is 0. The second-order valence-corrected chi connectivity index (χ2v) is 7.29. The fourth-order valence-corrected chi connectivity index (χ4v) is 4.42. The number of carbonyl (C=O) groups excluding carboxylic acids is 1. The highest BCUT2D eigenvalue weighted by Gasteiger charge is 2.36. The van der Waals surface area contributed by atoms with Gasteiger partial charge in [0.25, 0.3) is 0 Å². The Morgan fingerprint density at radius 1 is 0.864 bits per heavy atom. The van der Waals surface area contributed by atoms with Crippen molar-refractivity contribution in [2.75, 3.05) is 19.8 Å². The van der Waals surface area contributed by atoms with Crippen molar-refractivity contribution in [2.45, 2.75) is 88.8 Å². The molecule has 1 saturated carbocycles. The van der Waals surface area contributed by atoms with Gasteiger partial charge in [0.15, 0.2) is 0 Å². The Balaban J connectivity index is 1.53. The molecule has 1 aliphatic carbocycles. The van der Waals surface area contributed by atoms with Crippen LogP contribution in [0.1, 0.15) is 70.6 Å². The van der Waals surface area contributed by atoms with E-state index in [0.717, 1.165) is 39.0 Å². The first-order valence-electron chi connectivity index (χ1n) is 9.48. The normalized spacial score (nSPS) is 29.9. The maximum atomic E-state index is 12.8. The summed E-state index contributed by atoms with van der Waals surface area (Å²) in [6.07, 6.45) is 13.3. The van der Waals surface area contributed by atoms with Gasteiger partial charge in [-0.3, -0.25) is 9.69 Å². The Labute approximate surface area is 135 Å². The summed E-state index contributed by atoms with van der Waals surface area (Å²) in [6.45, 7) is 2.81. The van der Waals surface area contributed by atoms with Gasteiger partial charge in [-0.2, -0.15) is 0 Å². The van der Waals surface area contributed by atoms with Gasteiger partial charge in [0.1, 0.15) is 0 Å². The molecule has 22 heavy (non-hydrogen) atoms. The minimum atomic E-state index is 0.119. The van der Waals surface area contributed by atoms with Gasteiger partial charge in [0, 0.05) is 25.3 Å². The highest BCUT2D eigenvalue weighted by molar-refractivity contribution is 5.82. The molecule has 126 valence electrons. The van der Waals surface area contributed by atoms with Crippen LogP contribution in [0.4, 0.5) is 0 Å². The summed E-state index contributed by atoms with van der Waals surface area (Å²) in [5.74, 6) is 0.301. The molecule has 0 spiro atoms. The van der Waals surface area contributed by atoms with Crippen LogP contribution >= 0.6 is 0 Å². The molecular weight excluding hydrogens is 276 g/mol. The Bertz CT molecular complexity index is 347. The van der Waals surface area contributed by atoms with Gasteiger partial charge < -0.3 is 10.1 Å². The second-order valence-electron chi connectivity index (χ2n) is 7.29. The van der Waals surface area contributed by atoms with Gasteiger partial charge >= 0.3 is 0 Å². The molecule has 0 aromatic carbocycles. The van der Waals surface area contributed by atoms with E-state index in [2.05, 4.69) is 10.2 Å². The van der Waals surface area contributed by atoms with Crippen LogP contribution in [0.25, 0.3) is 0 Å². The van der Waals surface area contributed by atoms with Crippen molar-refractivity contribution in [3.05, 3.63) is 0 Å². The van der Waals surface area contributed by atoms with Crippen LogP contribution in [0.3, 0.4) is 0 Å². The third kappa shape index (κ3) is 4.23. The monoisotopic (exact) mass is 308 g/mol. The Kier molecular flexibility index (Phi) is 6.13. The second kappa shape index (κ2) is 8.30. The van der Waals surface area contributed by atoms with Crippen molar-refractivity contribution < 1.29 is 9.53 Å². The Morgan fingerprint density at radius 3 is 2.27 bits per heavy atom. The minimum absolute atomic E-state index is 0.119. The molecule has 2 heterocycles. The number of hydrogen-bond donors (Lipinski definition) is 1. The molecular formula is C18H32N2O2. The number of carbonyl (C=O) groups is 1. The number of likely N-dealkylation sites (tertiary alicyclic amines) is 1. The summed E-state index contributed by atoms with van der Waals surface area (Å²) in [7, 11) is 0. The Morgan fingerprint density at radius 2 is 1.55 bits per heavy atom. The molecule has 2 saturated heterocycles. The smallest absolute Gasteiger partial charge is 0.237 e. The molecule has 3 aliphatic rings. The van der Waals surface area contributed by atoms with E-state index < -0.39 is 0 Å². The van der Waals surface area contributed by atoms with Crippen LogP contribution in [0.15, 0.2) is 0 Å². The lowest BCUT2D eigenvalue weighted by molar-refractivity contribution is -0.127. The van der Waals surface area contributed by atoms with E-state index in [1.165, 1.54) is 51.4 Å². The number of rotatable bonds is 3. The highest BCUT2D eigenvalue weighted by atomic mass is 16.5. The highest BCUT2D eigenvalue weighted by Crippen LogP contribution is 2.26. The van der Waals surface area contributed by atoms with E-state index in [9.17, 15) is 4.79 Å². The predicted octanol–water partition coefficient (Wildman–Crippen LogP) is 2.86. The maximum Gasteiger partial charge on any atom is 0.237 e. The van der Waals surface area contributed by atoms with E-state index in [-0.39, 0.29) is 6.04 Å². The zero-order valence-corrected chi connectivity index (χ0v) is 13.9. The average Bonchev–Trinajstić information content (AvgIpc) is 3.00. The molecule has 1 atom stereocenters. The van der Waals surface area contributed by atoms with E-state index in [1.54, 1.807) is 0 Å². The number of hydrogen-bond acceptors (Lipinski definition) is 3. The van der Waals surface area contributed by atoms with Crippen LogP contribution in [-0.4, -0.2) is 48.7 Å². The van der Waals surface area contributed by atoms with E-state index >= 15 is 0 Å². The average molecular weight is 308 g/mol. The quantitative estimate of drug-likeness (QED) is 0.871. The number of nitrogens with one attached hydrogen (secondary N) is 1. The lowest BCUT2D eigenvalue weighted by Crippen LogP contribution is -2.51. The summed E-state index contributed by atoms with van der Waals surface area (Å²) in [5.41, 5.74) is 0. The molecule has 0 bridgehead atoms. The molecule has 4 heteroatoms. The van der Waals surface area contributed by atoms with Gasteiger partial charge in [0.05, 0.1) is 6.04 Å². The number of ether oxygens (including phenoxy) is 1. The van der Waals surface area contributed by atoms with Crippen LogP contribution < -0.4 is 5.32 Å². The first kappa shape index (κ1) is 16.3.